The Balaban J connectivity index is 1.74. The van der Waals surface area contributed by atoms with Crippen molar-refractivity contribution >= 4 is 0 Å². The third kappa shape index (κ3) is 4.88. The van der Waals surface area contributed by atoms with Crippen LogP contribution in [0.4, 0.5) is 0 Å². The van der Waals surface area contributed by atoms with E-state index in [0.29, 0.717) is 0 Å². The Kier molecular flexibility index (Phi) is 7.79. The molecule has 10 atom stereocenters. The van der Waals surface area contributed by atoms with Crippen LogP contribution in [0.25, 0.3) is 0 Å². The molecule has 3 aliphatic rings. The summed E-state index contributed by atoms with van der Waals surface area (Å²) in [5, 5.41) is 73.4. The molecule has 2 aliphatic carbocycles. The first-order chi connectivity index (χ1) is 13.9. The lowest BCUT2D eigenvalue weighted by Gasteiger charge is -2.44. The maximum Gasteiger partial charge on any atom is 0.187 e. The first kappa shape index (κ1) is 22.8. The highest BCUT2D eigenvalue weighted by atomic mass is 16.7. The van der Waals surface area contributed by atoms with Crippen molar-refractivity contribution < 1.29 is 45.2 Å². The van der Waals surface area contributed by atoms with Gasteiger partial charge in [0.25, 0.3) is 0 Å². The zero-order valence-corrected chi connectivity index (χ0v) is 16.0. The van der Waals surface area contributed by atoms with Crippen molar-refractivity contribution in [2.24, 2.45) is 0 Å². The van der Waals surface area contributed by atoms with Crippen LogP contribution in [0.1, 0.15) is 19.3 Å². The minimum atomic E-state index is -1.65. The summed E-state index contributed by atoms with van der Waals surface area (Å²) in [6.45, 7) is -1.09. The number of aliphatic hydroxyl groups excluding tert-OH is 7. The molecule has 0 unspecified atom stereocenters. The van der Waals surface area contributed by atoms with E-state index >= 15 is 0 Å². The number of hydrogen-bond donors (Lipinski definition) is 8. The summed E-state index contributed by atoms with van der Waals surface area (Å²) in [6, 6.07) is -0.579. The van der Waals surface area contributed by atoms with Gasteiger partial charge in [-0.15, -0.1) is 0 Å². The second-order valence-corrected chi connectivity index (χ2v) is 7.79. The zero-order valence-electron chi connectivity index (χ0n) is 16.0. The fraction of sp³-hybridized carbons (Fsp3) is 0.789. The zero-order chi connectivity index (χ0) is 21.1. The molecule has 1 aliphatic heterocycles. The van der Waals surface area contributed by atoms with Gasteiger partial charge >= 0.3 is 0 Å². The van der Waals surface area contributed by atoms with Crippen LogP contribution in [0, 0.1) is 0 Å². The Labute approximate surface area is 168 Å². The van der Waals surface area contributed by atoms with Gasteiger partial charge in [-0.2, -0.15) is 0 Å². The van der Waals surface area contributed by atoms with Gasteiger partial charge in [-0.3, -0.25) is 0 Å². The van der Waals surface area contributed by atoms with Gasteiger partial charge in [-0.05, 0) is 24.8 Å². The topological polar surface area (TPSA) is 172 Å². The van der Waals surface area contributed by atoms with E-state index < -0.39 is 68.3 Å². The van der Waals surface area contributed by atoms with Crippen LogP contribution in [0.5, 0.6) is 0 Å². The number of allylic oxidation sites excluding steroid dienone is 1. The van der Waals surface area contributed by atoms with E-state index in [4.69, 9.17) is 9.47 Å². The summed E-state index contributed by atoms with van der Waals surface area (Å²) in [6.07, 6.45) is -2.85. The van der Waals surface area contributed by atoms with Crippen LogP contribution in [0.3, 0.4) is 0 Å². The van der Waals surface area contributed by atoms with Crippen molar-refractivity contribution in [1.29, 1.82) is 0 Å². The molecule has 1 saturated heterocycles. The van der Waals surface area contributed by atoms with Crippen LogP contribution in [0.15, 0.2) is 23.8 Å². The highest BCUT2D eigenvalue weighted by Crippen LogP contribution is 2.29. The van der Waals surface area contributed by atoms with Crippen molar-refractivity contribution in [2.75, 3.05) is 13.2 Å². The summed E-state index contributed by atoms with van der Waals surface area (Å²) in [5.41, 5.74) is 0.275. The molecular formula is C19H31NO9. The van der Waals surface area contributed by atoms with Gasteiger partial charge in [0.05, 0.1) is 19.3 Å². The minimum absolute atomic E-state index is 0.0368. The van der Waals surface area contributed by atoms with Gasteiger partial charge in [0, 0.05) is 6.04 Å². The van der Waals surface area contributed by atoms with Gasteiger partial charge in [-0.1, -0.05) is 18.2 Å². The van der Waals surface area contributed by atoms with E-state index in [1.807, 2.05) is 6.08 Å². The lowest BCUT2D eigenvalue weighted by molar-refractivity contribution is -0.316. The molecule has 1 heterocycles. The predicted molar refractivity (Wildman–Crippen MR) is 99.5 cm³/mol. The molecule has 0 amide bonds. The summed E-state index contributed by atoms with van der Waals surface area (Å²) in [4.78, 5) is 0. The molecule has 0 aromatic carbocycles. The average molecular weight is 417 g/mol. The fourth-order valence-electron chi connectivity index (χ4n) is 4.01. The van der Waals surface area contributed by atoms with Gasteiger partial charge in [0.2, 0.25) is 0 Å². The summed E-state index contributed by atoms with van der Waals surface area (Å²) < 4.78 is 10.9. The number of hydrogen-bond acceptors (Lipinski definition) is 10. The maximum atomic E-state index is 10.6. The molecule has 0 bridgehead atoms. The molecule has 29 heavy (non-hydrogen) atoms. The van der Waals surface area contributed by atoms with E-state index in [0.717, 1.165) is 19.3 Å². The second kappa shape index (κ2) is 9.92. The monoisotopic (exact) mass is 417 g/mol. The number of rotatable bonds is 6. The van der Waals surface area contributed by atoms with E-state index in [1.54, 1.807) is 6.08 Å². The van der Waals surface area contributed by atoms with E-state index in [2.05, 4.69) is 11.4 Å². The Bertz CT molecular complexity index is 598. The Hall–Kier alpha value is -0.920. The molecule has 10 nitrogen and oxygen atoms in total. The number of nitrogens with one attached hydrogen (secondary N) is 1. The molecule has 0 aromatic rings. The quantitative estimate of drug-likeness (QED) is 0.207. The molecule has 10 heteroatoms. The number of aliphatic hydroxyl groups is 7. The van der Waals surface area contributed by atoms with Gasteiger partial charge in [0.1, 0.15) is 42.7 Å². The third-order valence-corrected chi connectivity index (χ3v) is 5.76. The van der Waals surface area contributed by atoms with Gasteiger partial charge in [0.15, 0.2) is 6.29 Å². The van der Waals surface area contributed by atoms with Crippen molar-refractivity contribution in [1.82, 2.24) is 5.32 Å². The molecule has 0 aromatic heterocycles. The highest BCUT2D eigenvalue weighted by molar-refractivity contribution is 5.23. The Morgan fingerprint density at radius 2 is 1.76 bits per heavy atom. The molecule has 0 spiro atoms. The SMILES string of the molecule is OCC1=C[C@H](N[C@H]2C=CCCC2)[C@H](O)[C@@H](O)[C@@H]1O[C@H]1O[C@H](CO)[C@@H](O)[C@H](O)[C@H]1O. The van der Waals surface area contributed by atoms with Crippen molar-refractivity contribution in [3.63, 3.8) is 0 Å². The van der Waals surface area contributed by atoms with Crippen molar-refractivity contribution in [3.05, 3.63) is 23.8 Å². The maximum absolute atomic E-state index is 10.6. The van der Waals surface area contributed by atoms with Crippen LogP contribution < -0.4 is 5.32 Å². The van der Waals surface area contributed by atoms with E-state index in [1.165, 1.54) is 0 Å². The van der Waals surface area contributed by atoms with Crippen LogP contribution in [-0.4, -0.2) is 110 Å². The average Bonchev–Trinajstić information content (AvgIpc) is 2.74. The van der Waals surface area contributed by atoms with Crippen LogP contribution in [-0.2, 0) is 9.47 Å². The van der Waals surface area contributed by atoms with Gasteiger partial charge < -0.3 is 50.5 Å². The number of ether oxygens (including phenoxy) is 2. The first-order valence-corrected chi connectivity index (χ1v) is 9.93. The third-order valence-electron chi connectivity index (χ3n) is 5.76. The smallest absolute Gasteiger partial charge is 0.187 e. The molecule has 166 valence electrons. The molecule has 8 N–H and O–H groups in total. The standard InChI is InChI=1S/C19H31NO9/c21-7-9-6-11(20-10-4-2-1-3-5-10)13(23)16(26)18(9)29-19-17(27)15(25)14(24)12(8-22)28-19/h2,4,6,10-27H,1,3,5,7-8H2/t10-,11-,12+,13-,14+,15-,16+,17+,18+,19+/m0/s1. The highest BCUT2D eigenvalue weighted by Gasteiger charge is 2.47. The summed E-state index contributed by atoms with van der Waals surface area (Å²) in [7, 11) is 0. The van der Waals surface area contributed by atoms with Crippen molar-refractivity contribution in [3.8, 4) is 0 Å². The first-order valence-electron chi connectivity index (χ1n) is 9.93. The van der Waals surface area contributed by atoms with Crippen molar-refractivity contribution in [2.45, 2.75) is 80.4 Å². The van der Waals surface area contributed by atoms with E-state index in [-0.39, 0.29) is 11.6 Å². The molecule has 0 radical (unpaired) electrons. The predicted octanol–water partition coefficient (Wildman–Crippen LogP) is -3.11. The van der Waals surface area contributed by atoms with Crippen LogP contribution >= 0.6 is 0 Å². The molecule has 1 fully saturated rings. The second-order valence-electron chi connectivity index (χ2n) is 7.79. The lowest BCUT2D eigenvalue weighted by atomic mass is 9.87. The largest absolute Gasteiger partial charge is 0.394 e. The summed E-state index contributed by atoms with van der Waals surface area (Å²) >= 11 is 0. The molecule has 0 saturated carbocycles. The molecular weight excluding hydrogens is 386 g/mol. The minimum Gasteiger partial charge on any atom is -0.394 e. The lowest BCUT2D eigenvalue weighted by Crippen LogP contribution is -2.62. The van der Waals surface area contributed by atoms with Crippen LogP contribution in [0.2, 0.25) is 0 Å². The summed E-state index contributed by atoms with van der Waals surface area (Å²) in [5.74, 6) is 0. The van der Waals surface area contributed by atoms with Gasteiger partial charge in [-0.25, -0.2) is 0 Å². The van der Waals surface area contributed by atoms with E-state index in [9.17, 15) is 35.7 Å². The molecule has 3 rings (SSSR count). The Morgan fingerprint density at radius 3 is 2.38 bits per heavy atom. The normalized spacial score (nSPS) is 45.8. The fourth-order valence-corrected chi connectivity index (χ4v) is 4.01. The Morgan fingerprint density at radius 1 is 1.00 bits per heavy atom.